The summed E-state index contributed by atoms with van der Waals surface area (Å²) in [5.74, 6) is 1.11. The van der Waals surface area contributed by atoms with Crippen LogP contribution in [0.5, 0.6) is 23.5 Å². The quantitative estimate of drug-likeness (QED) is 0.0666. The molecule has 4 aromatic heterocycles. The van der Waals surface area contributed by atoms with E-state index in [0.717, 1.165) is 18.9 Å². The highest BCUT2D eigenvalue weighted by Crippen LogP contribution is 2.53. The molecule has 90 heavy (non-hydrogen) atoms. The zero-order chi connectivity index (χ0) is 62.1. The van der Waals surface area contributed by atoms with Crippen LogP contribution in [0, 0.1) is 59.8 Å². The number of fused-ring (bicyclic) bond motifs is 8. The summed E-state index contributed by atoms with van der Waals surface area (Å²) in [5, 5.41) is 44.9. The Labute approximate surface area is 512 Å². The first-order valence-electron chi connectivity index (χ1n) is 30.6. The van der Waals surface area contributed by atoms with Crippen molar-refractivity contribution in [2.45, 2.75) is 99.4 Å². The summed E-state index contributed by atoms with van der Waals surface area (Å²) in [4.78, 5) is 36.0. The fourth-order valence-electron chi connectivity index (χ4n) is 16.2. The number of terminal acetylenes is 2. The summed E-state index contributed by atoms with van der Waals surface area (Å²) in [6, 6.07) is 7.81. The van der Waals surface area contributed by atoms with E-state index in [2.05, 4.69) is 36.7 Å². The number of phenols is 2. The van der Waals surface area contributed by atoms with Gasteiger partial charge in [0.2, 0.25) is 0 Å². The molecule has 6 aliphatic heterocycles. The molecule has 10 heterocycles. The third-order valence-electron chi connectivity index (χ3n) is 20.1. The van der Waals surface area contributed by atoms with E-state index < -0.39 is 58.8 Å². The summed E-state index contributed by atoms with van der Waals surface area (Å²) in [6.45, 7) is 2.15. The van der Waals surface area contributed by atoms with E-state index in [0.29, 0.717) is 68.5 Å². The van der Waals surface area contributed by atoms with Crippen LogP contribution in [0.3, 0.4) is 0 Å². The Morgan fingerprint density at radius 1 is 0.700 bits per heavy atom. The van der Waals surface area contributed by atoms with E-state index in [1.54, 1.807) is 0 Å². The molecule has 2 bridgehead atoms. The summed E-state index contributed by atoms with van der Waals surface area (Å²) < 4.78 is 118. The molecule has 8 aromatic rings. The molecule has 0 spiro atoms. The van der Waals surface area contributed by atoms with E-state index in [1.807, 2.05) is 14.7 Å². The molecular formula is C67H62F6N10O7. The molecule has 7 aliphatic rings. The molecular weight excluding hydrogens is 1170 g/mol. The maximum Gasteiger partial charge on any atom is 0.319 e. The summed E-state index contributed by atoms with van der Waals surface area (Å²) >= 11 is 0. The number of alkyl halides is 2. The fourth-order valence-corrected chi connectivity index (χ4v) is 16.2. The van der Waals surface area contributed by atoms with Crippen molar-refractivity contribution < 1.29 is 61.0 Å². The minimum Gasteiger partial charge on any atom is -0.508 e. The van der Waals surface area contributed by atoms with E-state index in [-0.39, 0.29) is 184 Å². The minimum atomic E-state index is -1.39. The van der Waals surface area contributed by atoms with Crippen LogP contribution in [0.15, 0.2) is 54.9 Å². The van der Waals surface area contributed by atoms with Crippen molar-refractivity contribution in [1.29, 1.82) is 0 Å². The molecule has 4 aromatic carbocycles. The number of anilines is 2. The lowest BCUT2D eigenvalue weighted by Crippen LogP contribution is -2.44. The number of pyridine rings is 2. The predicted molar refractivity (Wildman–Crippen MR) is 323 cm³/mol. The van der Waals surface area contributed by atoms with Crippen LogP contribution in [0.25, 0.3) is 65.9 Å². The van der Waals surface area contributed by atoms with Crippen LogP contribution in [-0.4, -0.2) is 168 Å². The van der Waals surface area contributed by atoms with Crippen molar-refractivity contribution in [3.05, 3.63) is 94.8 Å². The van der Waals surface area contributed by atoms with Crippen molar-refractivity contribution in [1.82, 2.24) is 39.7 Å². The summed E-state index contributed by atoms with van der Waals surface area (Å²) in [5.41, 5.74) is -2.85. The SMILES string of the molecule is C#Cc1c(F)ccc2cc(O)cc(-c3ncc4c(N5CC6CC(O)CC5C6)nc(OC[C@@]56CCC(c7cc(F)c(C#C)c8c(-c9ncc%10c(N%11CCOCC(CO)C%11)nc(OCC%11%12CCCN%11C[C@H](F)C%12)nc%10c9F)cc(O)cc78)N5C[C@H](F)C6)nc4c3F)c12. The average Bonchev–Trinajstić information content (AvgIpc) is 1.28. The second-order valence-electron chi connectivity index (χ2n) is 25.6. The zero-order valence-electron chi connectivity index (χ0n) is 48.8. The van der Waals surface area contributed by atoms with Gasteiger partial charge in [-0.15, -0.1) is 12.8 Å². The molecule has 1 saturated carbocycles. The van der Waals surface area contributed by atoms with Crippen LogP contribution in [0.2, 0.25) is 0 Å². The largest absolute Gasteiger partial charge is 0.508 e. The minimum absolute atomic E-state index is 0.0134. The average molecular weight is 1230 g/mol. The number of nitrogens with zero attached hydrogens (tertiary/aromatic N) is 10. The van der Waals surface area contributed by atoms with Gasteiger partial charge in [-0.3, -0.25) is 19.8 Å². The van der Waals surface area contributed by atoms with Gasteiger partial charge in [-0.2, -0.15) is 19.9 Å². The van der Waals surface area contributed by atoms with Crippen LogP contribution < -0.4 is 19.3 Å². The number of aliphatic hydroxyl groups excluding tert-OH is 2. The van der Waals surface area contributed by atoms with Crippen molar-refractivity contribution in [2.75, 3.05) is 82.1 Å². The molecule has 6 unspecified atom stereocenters. The van der Waals surface area contributed by atoms with E-state index in [4.69, 9.17) is 37.0 Å². The fraction of sp³-hybridized carbons (Fsp3) is 0.433. The highest BCUT2D eigenvalue weighted by Gasteiger charge is 2.55. The summed E-state index contributed by atoms with van der Waals surface area (Å²) in [7, 11) is 0. The van der Waals surface area contributed by atoms with Gasteiger partial charge >= 0.3 is 12.0 Å². The Balaban J connectivity index is 0.804. The summed E-state index contributed by atoms with van der Waals surface area (Å²) in [6.07, 6.45) is 15.9. The molecule has 23 heteroatoms. The van der Waals surface area contributed by atoms with E-state index in [1.165, 1.54) is 48.8 Å². The Morgan fingerprint density at radius 2 is 1.37 bits per heavy atom. The third kappa shape index (κ3) is 9.60. The number of ether oxygens (including phenoxy) is 3. The van der Waals surface area contributed by atoms with Crippen LogP contribution in [-0.2, 0) is 4.74 Å². The molecule has 0 radical (unpaired) electrons. The molecule has 6 saturated heterocycles. The molecule has 9 atom stereocenters. The van der Waals surface area contributed by atoms with Gasteiger partial charge in [-0.1, -0.05) is 17.9 Å². The highest BCUT2D eigenvalue weighted by molar-refractivity contribution is 6.05. The first-order valence-corrected chi connectivity index (χ1v) is 30.6. The number of aromatic nitrogens is 6. The normalized spacial score (nSPS) is 26.8. The number of rotatable bonds is 12. The van der Waals surface area contributed by atoms with Gasteiger partial charge in [0.15, 0.2) is 11.6 Å². The van der Waals surface area contributed by atoms with Crippen molar-refractivity contribution in [2.24, 2.45) is 11.8 Å². The number of aliphatic hydroxyl groups is 2. The Hall–Kier alpha value is -8.32. The Kier molecular flexibility index (Phi) is 14.4. The lowest BCUT2D eigenvalue weighted by Gasteiger charge is -2.35. The van der Waals surface area contributed by atoms with Crippen LogP contribution >= 0.6 is 0 Å². The molecule has 1 aliphatic carbocycles. The maximum absolute atomic E-state index is 18.0. The number of phenolic OH excluding ortho intramolecular Hbond substituents is 2. The Bertz CT molecular complexity index is 4360. The van der Waals surface area contributed by atoms with Crippen molar-refractivity contribution in [3.63, 3.8) is 0 Å². The molecule has 464 valence electrons. The first kappa shape index (κ1) is 58.1. The van der Waals surface area contributed by atoms with Gasteiger partial charge < -0.3 is 44.4 Å². The number of hydrogen-bond donors (Lipinski definition) is 4. The predicted octanol–water partition coefficient (Wildman–Crippen LogP) is 9.38. The van der Waals surface area contributed by atoms with Gasteiger partial charge in [-0.25, -0.2) is 26.3 Å². The van der Waals surface area contributed by atoms with E-state index >= 15 is 22.0 Å². The number of halogens is 6. The lowest BCUT2D eigenvalue weighted by atomic mass is 9.88. The van der Waals surface area contributed by atoms with Gasteiger partial charge in [0.25, 0.3) is 0 Å². The monoisotopic (exact) mass is 1230 g/mol. The topological polar surface area (TPSA) is 199 Å². The standard InChI is InChI=1S/C67H62F6N10O7/c1-3-43-51(70)7-6-36-16-41(86)19-47(54(36)43)58-56(72)61-50(25-75-58)63(82-27-34-14-39(82)17-40(85)15-34)79-65(77-61)90-33-67-10-8-53(83(67)29-38(69)23-67)45-21-52(71)44(4-2)55-46(45)18-42(87)20-48(55)59-57(73)60-49(24-74-59)62(80-12-13-88-31-35(26-80)30-84)78-64(76-60)89-32-66-9-5-11-81(66)28-37(68)22-66/h1-2,6-7,16,18-21,24-25,34-35,37-40,53,84-87H,5,8-15,17,22-23,26-33H2/t34?,35?,37-,38-,39?,40?,53?,66?,67+/m1/s1. The molecule has 15 rings (SSSR count). The number of benzene rings is 4. The molecule has 0 amide bonds. The van der Waals surface area contributed by atoms with Crippen molar-refractivity contribution >= 4 is 55.0 Å². The van der Waals surface area contributed by atoms with Gasteiger partial charge in [0, 0.05) is 104 Å². The van der Waals surface area contributed by atoms with Gasteiger partial charge in [0.05, 0.1) is 52.3 Å². The maximum atomic E-state index is 18.0. The second-order valence-corrected chi connectivity index (χ2v) is 25.6. The van der Waals surface area contributed by atoms with E-state index in [9.17, 15) is 24.8 Å². The molecule has 7 fully saturated rings. The second kappa shape index (κ2) is 22.3. The number of aromatic hydroxyl groups is 2. The van der Waals surface area contributed by atoms with Gasteiger partial charge in [-0.05, 0) is 110 Å². The van der Waals surface area contributed by atoms with Gasteiger partial charge in [0.1, 0.15) is 82.7 Å². The third-order valence-corrected chi connectivity index (χ3v) is 20.1. The highest BCUT2D eigenvalue weighted by atomic mass is 19.2. The smallest absolute Gasteiger partial charge is 0.319 e. The lowest BCUT2D eigenvalue weighted by molar-refractivity contribution is 0.0848. The number of hydrogen-bond acceptors (Lipinski definition) is 17. The van der Waals surface area contributed by atoms with Crippen molar-refractivity contribution in [3.8, 4) is 70.7 Å². The molecule has 17 nitrogen and oxygen atoms in total. The van der Waals surface area contributed by atoms with Crippen LogP contribution in [0.4, 0.5) is 38.0 Å². The zero-order valence-corrected chi connectivity index (χ0v) is 48.8. The van der Waals surface area contributed by atoms with Crippen LogP contribution in [0.1, 0.15) is 80.5 Å². The molecule has 4 N–H and O–H groups in total. The first-order chi connectivity index (χ1) is 43.5. The Morgan fingerprint density at radius 3 is 2.10 bits per heavy atom.